The summed E-state index contributed by atoms with van der Waals surface area (Å²) in [4.78, 5) is 14.9. The molecule has 0 spiro atoms. The van der Waals surface area contributed by atoms with Crippen LogP contribution in [0.5, 0.6) is 5.75 Å². The number of halogens is 1. The molecule has 0 radical (unpaired) electrons. The highest BCUT2D eigenvalue weighted by molar-refractivity contribution is 6.35. The quantitative estimate of drug-likeness (QED) is 0.772. The van der Waals surface area contributed by atoms with Crippen molar-refractivity contribution in [3.63, 3.8) is 0 Å². The second-order valence-electron chi connectivity index (χ2n) is 8.03. The number of fused-ring (bicyclic) bond motifs is 2. The van der Waals surface area contributed by atoms with Crippen molar-refractivity contribution in [1.29, 1.82) is 0 Å². The smallest absolute Gasteiger partial charge is 0.342 e. The predicted molar refractivity (Wildman–Crippen MR) is 115 cm³/mol. The summed E-state index contributed by atoms with van der Waals surface area (Å²) in [5, 5.41) is 12.8. The summed E-state index contributed by atoms with van der Waals surface area (Å²) in [5.74, 6) is -0.290. The van der Waals surface area contributed by atoms with Crippen LogP contribution in [0.25, 0.3) is 22.9 Å². The molecule has 2 heterocycles. The standard InChI is InChI=1S/C24H22ClNO3/c1-24(2,3)29-23(28)20-19(25)12-14-26-13-11-18-17(21(20)26)10-9-16(22(18)27)15-7-5-4-6-8-15/h4-12,14,27H,13H2,1-3H3. The van der Waals surface area contributed by atoms with Gasteiger partial charge in [-0.05, 0) is 38.5 Å². The van der Waals surface area contributed by atoms with Crippen molar-refractivity contribution >= 4 is 29.3 Å². The lowest BCUT2D eigenvalue weighted by Crippen LogP contribution is -2.41. The molecule has 0 atom stereocenters. The third-order valence-corrected chi connectivity index (χ3v) is 5.13. The first-order chi connectivity index (χ1) is 13.8. The first kappa shape index (κ1) is 19.3. The normalized spacial score (nSPS) is 15.6. The molecule has 0 saturated heterocycles. The third kappa shape index (κ3) is 3.56. The number of allylic oxidation sites excluding steroid dienone is 2. The number of phenols is 1. The number of aromatic hydroxyl groups is 1. The molecule has 2 aliphatic heterocycles. The summed E-state index contributed by atoms with van der Waals surface area (Å²) >= 11 is 6.43. The average molecular weight is 408 g/mol. The zero-order valence-corrected chi connectivity index (χ0v) is 17.3. The summed E-state index contributed by atoms with van der Waals surface area (Å²) < 4.78 is 5.60. The van der Waals surface area contributed by atoms with Crippen LogP contribution in [-0.2, 0) is 9.53 Å². The van der Waals surface area contributed by atoms with Crippen LogP contribution in [0.2, 0.25) is 0 Å². The van der Waals surface area contributed by atoms with E-state index in [-0.39, 0.29) is 5.75 Å². The SMILES string of the molecule is CC(C)(C)OC(=O)C1=C(Cl)C=CN2CC=c3c(O)c(-c4ccccc4)ccc3=C12. The summed E-state index contributed by atoms with van der Waals surface area (Å²) in [6.07, 6.45) is 5.49. The number of ether oxygens (including phenoxy) is 1. The molecule has 148 valence electrons. The molecular weight excluding hydrogens is 386 g/mol. The van der Waals surface area contributed by atoms with Gasteiger partial charge in [-0.1, -0.05) is 54.1 Å². The fourth-order valence-electron chi connectivity index (χ4n) is 3.60. The first-order valence-corrected chi connectivity index (χ1v) is 9.84. The number of carbonyl (C=O) groups is 1. The van der Waals surface area contributed by atoms with Crippen LogP contribution in [0.4, 0.5) is 0 Å². The maximum Gasteiger partial charge on any atom is 0.342 e. The average Bonchev–Trinajstić information content (AvgIpc) is 2.67. The van der Waals surface area contributed by atoms with Crippen molar-refractivity contribution in [2.24, 2.45) is 0 Å². The van der Waals surface area contributed by atoms with Gasteiger partial charge in [0.05, 0.1) is 10.7 Å². The molecule has 0 aliphatic carbocycles. The van der Waals surface area contributed by atoms with Gasteiger partial charge in [0.25, 0.3) is 0 Å². The van der Waals surface area contributed by atoms with Gasteiger partial charge in [-0.25, -0.2) is 4.79 Å². The zero-order valence-electron chi connectivity index (χ0n) is 16.6. The number of rotatable bonds is 2. The van der Waals surface area contributed by atoms with E-state index in [1.54, 1.807) is 6.08 Å². The molecule has 0 unspecified atom stereocenters. The number of hydrogen-bond acceptors (Lipinski definition) is 4. The van der Waals surface area contributed by atoms with Gasteiger partial charge in [-0.15, -0.1) is 0 Å². The lowest BCUT2D eigenvalue weighted by Gasteiger charge is -2.31. The monoisotopic (exact) mass is 407 g/mol. The van der Waals surface area contributed by atoms with E-state index in [0.29, 0.717) is 28.1 Å². The molecule has 4 nitrogen and oxygen atoms in total. The van der Waals surface area contributed by atoms with Crippen LogP contribution in [0.1, 0.15) is 20.8 Å². The Morgan fingerprint density at radius 1 is 1.14 bits per heavy atom. The minimum atomic E-state index is -0.642. The Balaban J connectivity index is 1.94. The van der Waals surface area contributed by atoms with Crippen LogP contribution >= 0.6 is 11.6 Å². The molecule has 5 heteroatoms. The van der Waals surface area contributed by atoms with Crippen molar-refractivity contribution in [2.75, 3.05) is 6.54 Å². The number of benzene rings is 2. The molecule has 0 amide bonds. The second kappa shape index (κ2) is 7.12. The minimum Gasteiger partial charge on any atom is -0.507 e. The van der Waals surface area contributed by atoms with Crippen molar-refractivity contribution < 1.29 is 14.6 Å². The van der Waals surface area contributed by atoms with Gasteiger partial charge in [-0.3, -0.25) is 0 Å². The van der Waals surface area contributed by atoms with Crippen molar-refractivity contribution in [3.8, 4) is 16.9 Å². The van der Waals surface area contributed by atoms with Gasteiger partial charge in [0.1, 0.15) is 16.9 Å². The molecule has 2 aromatic rings. The Kier molecular flexibility index (Phi) is 4.75. The molecule has 1 N–H and O–H groups in total. The molecule has 0 fully saturated rings. The van der Waals surface area contributed by atoms with Gasteiger partial charge >= 0.3 is 5.97 Å². The topological polar surface area (TPSA) is 49.8 Å². The highest BCUT2D eigenvalue weighted by atomic mass is 35.5. The van der Waals surface area contributed by atoms with E-state index in [0.717, 1.165) is 16.3 Å². The van der Waals surface area contributed by atoms with E-state index in [2.05, 4.69) is 0 Å². The van der Waals surface area contributed by atoms with Gasteiger partial charge in [0.2, 0.25) is 0 Å². The molecule has 4 rings (SSSR count). The van der Waals surface area contributed by atoms with Crippen molar-refractivity contribution in [3.05, 3.63) is 75.8 Å². The van der Waals surface area contributed by atoms with E-state index in [4.69, 9.17) is 16.3 Å². The highest BCUT2D eigenvalue weighted by Crippen LogP contribution is 2.32. The second-order valence-corrected chi connectivity index (χ2v) is 8.44. The maximum absolute atomic E-state index is 12.9. The van der Waals surface area contributed by atoms with Gasteiger partial charge in [0.15, 0.2) is 0 Å². The van der Waals surface area contributed by atoms with Gasteiger partial charge < -0.3 is 14.7 Å². The molecular formula is C24H22ClNO3. The lowest BCUT2D eigenvalue weighted by molar-refractivity contribution is -0.149. The van der Waals surface area contributed by atoms with E-state index in [1.165, 1.54) is 0 Å². The van der Waals surface area contributed by atoms with Crippen molar-refractivity contribution in [2.45, 2.75) is 26.4 Å². The summed E-state index contributed by atoms with van der Waals surface area (Å²) in [6, 6.07) is 13.5. The van der Waals surface area contributed by atoms with Crippen LogP contribution in [0.3, 0.4) is 0 Å². The van der Waals surface area contributed by atoms with Gasteiger partial charge in [-0.2, -0.15) is 0 Å². The maximum atomic E-state index is 12.9. The molecule has 2 aliphatic rings. The lowest BCUT2D eigenvalue weighted by atomic mass is 9.96. The van der Waals surface area contributed by atoms with E-state index in [9.17, 15) is 9.90 Å². The van der Waals surface area contributed by atoms with E-state index >= 15 is 0 Å². The van der Waals surface area contributed by atoms with Crippen LogP contribution in [-0.4, -0.2) is 28.1 Å². The molecule has 29 heavy (non-hydrogen) atoms. The highest BCUT2D eigenvalue weighted by Gasteiger charge is 2.31. The molecule has 0 saturated carbocycles. The zero-order chi connectivity index (χ0) is 20.8. The fourth-order valence-corrected chi connectivity index (χ4v) is 3.82. The minimum absolute atomic E-state index is 0.190. The van der Waals surface area contributed by atoms with Crippen LogP contribution in [0, 0.1) is 0 Å². The van der Waals surface area contributed by atoms with Crippen molar-refractivity contribution in [1.82, 2.24) is 4.90 Å². The number of phenolic OH excluding ortho intramolecular Hbond substituents is 1. The summed E-state index contributed by atoms with van der Waals surface area (Å²) in [6.45, 7) is 5.98. The summed E-state index contributed by atoms with van der Waals surface area (Å²) in [7, 11) is 0. The largest absolute Gasteiger partial charge is 0.507 e. The Morgan fingerprint density at radius 2 is 1.86 bits per heavy atom. The third-order valence-electron chi connectivity index (χ3n) is 4.82. The Labute approximate surface area is 174 Å². The van der Waals surface area contributed by atoms with Gasteiger partial charge in [0, 0.05) is 28.7 Å². The predicted octanol–water partition coefficient (Wildman–Crippen LogP) is 3.63. The Morgan fingerprint density at radius 3 is 2.55 bits per heavy atom. The molecule has 0 aromatic heterocycles. The Hall–Kier alpha value is -2.98. The number of hydrogen-bond donors (Lipinski definition) is 1. The number of esters is 1. The van der Waals surface area contributed by atoms with Crippen LogP contribution < -0.4 is 10.4 Å². The van der Waals surface area contributed by atoms with E-state index in [1.807, 2.05) is 80.4 Å². The Bertz CT molecular complexity index is 1170. The molecule has 0 bridgehead atoms. The van der Waals surface area contributed by atoms with Crippen LogP contribution in [0.15, 0.2) is 65.3 Å². The van der Waals surface area contributed by atoms with E-state index < -0.39 is 11.6 Å². The number of carbonyl (C=O) groups excluding carboxylic acids is 1. The number of nitrogens with zero attached hydrogens (tertiary/aromatic N) is 1. The molecule has 2 aromatic carbocycles. The fraction of sp³-hybridized carbons (Fsp3) is 0.208. The summed E-state index contributed by atoms with van der Waals surface area (Å²) in [5.41, 5.74) is 1.99. The first-order valence-electron chi connectivity index (χ1n) is 9.46.